The molecule has 1 aromatic carbocycles. The molecule has 2 heterocycles. The van der Waals surface area contributed by atoms with Crippen LogP contribution < -0.4 is 16.0 Å². The minimum Gasteiger partial charge on any atom is -0.477 e. The number of aliphatic carboxylic acids is 1. The molecule has 6 atom stereocenters. The van der Waals surface area contributed by atoms with E-state index >= 15 is 0 Å². The summed E-state index contributed by atoms with van der Waals surface area (Å²) in [6.07, 6.45) is -3.39. The first-order valence-corrected chi connectivity index (χ1v) is 19.2. The molecule has 3 rings (SSSR count). The molecule has 1 aromatic heterocycles. The number of unbranched alkanes of at least 4 members (excludes halogenated alkanes) is 3. The van der Waals surface area contributed by atoms with Gasteiger partial charge in [0.25, 0.3) is 5.79 Å². The van der Waals surface area contributed by atoms with Crippen LogP contribution in [0.4, 0.5) is 4.79 Å². The summed E-state index contributed by atoms with van der Waals surface area (Å²) in [5, 5.41) is 59.3. The maximum absolute atomic E-state index is 12.5. The van der Waals surface area contributed by atoms with Gasteiger partial charge in [-0.05, 0) is 51.3 Å². The Labute approximate surface area is 336 Å². The SMILES string of the molecule is CC(=O)N[C@H]1[C@H]([C@H](O)[C@H](O)CNC(=O)Cc2ccc(Cl)cc2)O[C@@](OCCCCCCn2cc(COCCOCCNC(=O)OC(C)(C)C)nn2)(C(=O)O)C[C@@H]1O. The van der Waals surface area contributed by atoms with E-state index in [9.17, 15) is 39.6 Å². The number of halogens is 1. The number of aliphatic hydroxyl groups excluding tert-OH is 3. The number of ether oxygens (including phenoxy) is 5. The number of carboxylic acid groups (broad SMARTS) is 1. The number of carbonyl (C=O) groups excluding carboxylic acids is 3. The van der Waals surface area contributed by atoms with Crippen molar-refractivity contribution in [2.75, 3.05) is 39.5 Å². The number of amides is 3. The lowest BCUT2D eigenvalue weighted by molar-refractivity contribution is -0.310. The van der Waals surface area contributed by atoms with E-state index in [1.165, 1.54) is 6.92 Å². The number of aromatic nitrogens is 3. The van der Waals surface area contributed by atoms with Crippen LogP contribution in [0.2, 0.25) is 5.02 Å². The number of aryl methyl sites for hydroxylation is 1. The zero-order valence-corrected chi connectivity index (χ0v) is 33.6. The van der Waals surface area contributed by atoms with E-state index in [0.717, 1.165) is 12.8 Å². The smallest absolute Gasteiger partial charge is 0.407 e. The van der Waals surface area contributed by atoms with Crippen molar-refractivity contribution in [3.63, 3.8) is 0 Å². The van der Waals surface area contributed by atoms with Crippen LogP contribution >= 0.6 is 11.6 Å². The molecule has 1 aliphatic heterocycles. The Hall–Kier alpha value is -3.95. The van der Waals surface area contributed by atoms with Crippen LogP contribution in [-0.2, 0) is 57.6 Å². The molecule has 320 valence electrons. The minimum atomic E-state index is -2.39. The predicted molar refractivity (Wildman–Crippen MR) is 203 cm³/mol. The summed E-state index contributed by atoms with van der Waals surface area (Å²) in [5.74, 6) is -5.00. The minimum absolute atomic E-state index is 0.0292. The van der Waals surface area contributed by atoms with E-state index in [1.807, 2.05) is 0 Å². The van der Waals surface area contributed by atoms with E-state index in [0.29, 0.717) is 62.0 Å². The van der Waals surface area contributed by atoms with E-state index in [2.05, 4.69) is 26.3 Å². The van der Waals surface area contributed by atoms with Gasteiger partial charge in [0.05, 0.1) is 63.9 Å². The van der Waals surface area contributed by atoms with E-state index in [4.69, 9.17) is 35.3 Å². The molecule has 1 saturated heterocycles. The molecule has 7 N–H and O–H groups in total. The second-order valence-corrected chi connectivity index (χ2v) is 15.1. The van der Waals surface area contributed by atoms with Crippen LogP contribution in [0.5, 0.6) is 0 Å². The summed E-state index contributed by atoms with van der Waals surface area (Å²) in [7, 11) is 0. The molecule has 57 heavy (non-hydrogen) atoms. The zero-order valence-electron chi connectivity index (χ0n) is 32.9. The van der Waals surface area contributed by atoms with Gasteiger partial charge in [-0.2, -0.15) is 0 Å². The molecular weight excluding hydrogens is 772 g/mol. The summed E-state index contributed by atoms with van der Waals surface area (Å²) in [5.41, 5.74) is 0.749. The third kappa shape index (κ3) is 17.2. The molecule has 0 unspecified atom stereocenters. The molecule has 2 aromatic rings. The largest absolute Gasteiger partial charge is 0.477 e. The fourth-order valence-electron chi connectivity index (χ4n) is 5.77. The fraction of sp³-hybridized carbons (Fsp3) is 0.676. The molecule has 19 nitrogen and oxygen atoms in total. The highest BCUT2D eigenvalue weighted by molar-refractivity contribution is 6.30. The Morgan fingerprint density at radius 1 is 1.02 bits per heavy atom. The normalized spacial score (nSPS) is 20.7. The zero-order chi connectivity index (χ0) is 42.0. The van der Waals surface area contributed by atoms with Gasteiger partial charge in [-0.1, -0.05) is 41.8 Å². The van der Waals surface area contributed by atoms with Gasteiger partial charge >= 0.3 is 12.1 Å². The highest BCUT2D eigenvalue weighted by Crippen LogP contribution is 2.34. The third-order valence-corrected chi connectivity index (χ3v) is 8.78. The van der Waals surface area contributed by atoms with Crippen LogP contribution in [-0.4, -0.2) is 141 Å². The Morgan fingerprint density at radius 2 is 1.72 bits per heavy atom. The van der Waals surface area contributed by atoms with Crippen molar-refractivity contribution >= 4 is 35.5 Å². The van der Waals surface area contributed by atoms with Crippen molar-refractivity contribution in [2.45, 2.75) is 121 Å². The van der Waals surface area contributed by atoms with Gasteiger partial charge in [-0.3, -0.25) is 14.3 Å². The lowest BCUT2D eigenvalue weighted by Crippen LogP contribution is -2.68. The van der Waals surface area contributed by atoms with Gasteiger partial charge in [0.15, 0.2) is 0 Å². The van der Waals surface area contributed by atoms with Gasteiger partial charge < -0.3 is 60.1 Å². The second-order valence-electron chi connectivity index (χ2n) is 14.6. The molecule has 1 fully saturated rings. The molecule has 0 bridgehead atoms. The van der Waals surface area contributed by atoms with Gasteiger partial charge in [0.2, 0.25) is 11.8 Å². The number of hydrogen-bond acceptors (Lipinski definition) is 14. The van der Waals surface area contributed by atoms with Crippen molar-refractivity contribution in [1.82, 2.24) is 30.9 Å². The maximum Gasteiger partial charge on any atom is 0.407 e. The van der Waals surface area contributed by atoms with Crippen molar-refractivity contribution in [2.24, 2.45) is 0 Å². The van der Waals surface area contributed by atoms with Crippen LogP contribution in [0.1, 0.15) is 71.1 Å². The Kier molecular flexibility index (Phi) is 19.5. The summed E-state index contributed by atoms with van der Waals surface area (Å²) >= 11 is 5.88. The first-order valence-electron chi connectivity index (χ1n) is 18.9. The lowest BCUT2D eigenvalue weighted by atomic mass is 9.88. The standard InChI is InChI=1S/C37H57ClN6O13/c1-24(45)41-31-28(46)20-37(34(50)51,56-33(31)32(49)29(47)21-40-30(48)19-25-9-11-26(38)12-10-25)55-15-8-6-5-7-14-44-22-27(42-43-44)23-54-18-17-53-16-13-39-35(52)57-36(2,3)4/h9-12,22,28-29,31-33,46-47,49H,5-8,13-21,23H2,1-4H3,(H,39,52)(H,40,48)(H,41,45)(H,50,51)/t28-,29+,31+,32+,33+,37+/m0/s1. The fourth-order valence-corrected chi connectivity index (χ4v) is 5.90. The van der Waals surface area contributed by atoms with E-state index in [-0.39, 0.29) is 19.6 Å². The molecule has 0 radical (unpaired) electrons. The van der Waals surface area contributed by atoms with Crippen molar-refractivity contribution in [3.05, 3.63) is 46.7 Å². The number of rotatable bonds is 24. The Balaban J connectivity index is 1.38. The van der Waals surface area contributed by atoms with Crippen LogP contribution in [0.25, 0.3) is 0 Å². The molecule has 1 aliphatic rings. The topological polar surface area (TPSA) is 262 Å². The molecular formula is C37H57ClN6O13. The number of benzene rings is 1. The van der Waals surface area contributed by atoms with Gasteiger partial charge in [-0.15, -0.1) is 5.10 Å². The number of nitrogens with zero attached hydrogens (tertiary/aromatic N) is 3. The molecule has 20 heteroatoms. The number of alkyl carbamates (subject to hydrolysis) is 1. The monoisotopic (exact) mass is 828 g/mol. The van der Waals surface area contributed by atoms with Crippen LogP contribution in [0.15, 0.2) is 30.5 Å². The average molecular weight is 829 g/mol. The van der Waals surface area contributed by atoms with Gasteiger partial charge in [0, 0.05) is 38.0 Å². The number of carbonyl (C=O) groups is 4. The van der Waals surface area contributed by atoms with Gasteiger partial charge in [-0.25, -0.2) is 9.59 Å². The van der Waals surface area contributed by atoms with E-state index in [1.54, 1.807) is 55.9 Å². The highest BCUT2D eigenvalue weighted by Gasteiger charge is 2.55. The highest BCUT2D eigenvalue weighted by atomic mass is 35.5. The van der Waals surface area contributed by atoms with Crippen molar-refractivity contribution in [3.8, 4) is 0 Å². The number of hydrogen-bond donors (Lipinski definition) is 7. The predicted octanol–water partition coefficient (Wildman–Crippen LogP) is 1.08. The summed E-state index contributed by atoms with van der Waals surface area (Å²) in [6, 6.07) is 5.29. The lowest BCUT2D eigenvalue weighted by Gasteiger charge is -2.46. The van der Waals surface area contributed by atoms with E-state index < -0.39 is 78.7 Å². The first kappa shape index (κ1) is 47.4. The second kappa shape index (κ2) is 23.5. The molecule has 0 saturated carbocycles. The number of nitrogens with one attached hydrogen (secondary N) is 3. The Bertz CT molecular complexity index is 1560. The summed E-state index contributed by atoms with van der Waals surface area (Å²) in [6.45, 7) is 8.17. The molecule has 0 spiro atoms. The maximum atomic E-state index is 12.5. The first-order chi connectivity index (χ1) is 27.0. The van der Waals surface area contributed by atoms with Crippen LogP contribution in [0.3, 0.4) is 0 Å². The third-order valence-electron chi connectivity index (χ3n) is 8.53. The van der Waals surface area contributed by atoms with Gasteiger partial charge in [0.1, 0.15) is 23.5 Å². The summed E-state index contributed by atoms with van der Waals surface area (Å²) < 4.78 is 29.4. The van der Waals surface area contributed by atoms with Crippen LogP contribution in [0, 0.1) is 0 Å². The molecule has 0 aliphatic carbocycles. The average Bonchev–Trinajstić information content (AvgIpc) is 3.59. The quantitative estimate of drug-likeness (QED) is 0.0731. The summed E-state index contributed by atoms with van der Waals surface area (Å²) in [4.78, 5) is 48.5. The number of carboxylic acids is 1. The Morgan fingerprint density at radius 3 is 2.40 bits per heavy atom. The van der Waals surface area contributed by atoms with Crippen molar-refractivity contribution in [1.29, 1.82) is 0 Å². The molecule has 3 amide bonds. The number of aliphatic hydroxyl groups is 3. The van der Waals surface area contributed by atoms with Crippen molar-refractivity contribution < 1.29 is 63.3 Å².